The first-order valence-electron chi connectivity index (χ1n) is 13.2. The van der Waals surface area contributed by atoms with Crippen LogP contribution in [0.15, 0.2) is 54.7 Å². The number of benzene rings is 2. The molecule has 3 atom stereocenters. The van der Waals surface area contributed by atoms with Gasteiger partial charge in [-0.1, -0.05) is 39.0 Å². The standard InChI is InChI=1S/C32H37NO4/c1-20-15-23(12-14-33-20)25-11-8-21(16-26(25)29(36-5)31(2,3)4)19-37-24-10-9-22-7-6-13-32(27(22)17-24)18-28(32)30(34)35/h8-12,14-17,28-29H,6-7,13,18-19H2,1-5H3,(H,34,35)/t28-,29+,32-/m0/s1. The first kappa shape index (κ1) is 25.5. The number of carboxylic acids is 1. The molecule has 5 heteroatoms. The van der Waals surface area contributed by atoms with Gasteiger partial charge >= 0.3 is 5.97 Å². The molecule has 194 valence electrons. The lowest BCUT2D eigenvalue weighted by molar-refractivity contribution is -0.139. The summed E-state index contributed by atoms with van der Waals surface area (Å²) >= 11 is 0. The molecule has 0 saturated heterocycles. The summed E-state index contributed by atoms with van der Waals surface area (Å²) in [5, 5.41) is 9.64. The molecule has 1 fully saturated rings. The molecule has 1 spiro atoms. The first-order chi connectivity index (χ1) is 17.6. The van der Waals surface area contributed by atoms with E-state index < -0.39 is 5.97 Å². The second-order valence-corrected chi connectivity index (χ2v) is 11.8. The van der Waals surface area contributed by atoms with E-state index >= 15 is 0 Å². The molecule has 0 amide bonds. The molecular weight excluding hydrogens is 462 g/mol. The summed E-state index contributed by atoms with van der Waals surface area (Å²) < 4.78 is 12.3. The Morgan fingerprint density at radius 2 is 1.97 bits per heavy atom. The third-order valence-electron chi connectivity index (χ3n) is 8.09. The number of aliphatic carboxylic acids is 1. The fourth-order valence-electron chi connectivity index (χ4n) is 6.27. The minimum atomic E-state index is -0.678. The summed E-state index contributed by atoms with van der Waals surface area (Å²) in [7, 11) is 1.77. The van der Waals surface area contributed by atoms with Crippen molar-refractivity contribution in [2.45, 2.75) is 71.5 Å². The SMILES string of the molecule is CO[C@H](c1cc(COc2ccc3c(c2)[C@]2(CCC3)C[C@H]2C(=O)O)ccc1-c1ccnc(C)c1)C(C)(C)C. The lowest BCUT2D eigenvalue weighted by atomic mass is 9.78. The van der Waals surface area contributed by atoms with E-state index in [1.165, 1.54) is 11.1 Å². The number of aryl methyl sites for hydroxylation is 2. The number of rotatable bonds is 7. The molecule has 1 N–H and O–H groups in total. The Balaban J connectivity index is 1.44. The third-order valence-corrected chi connectivity index (χ3v) is 8.09. The van der Waals surface area contributed by atoms with Gasteiger partial charge in [-0.15, -0.1) is 0 Å². The van der Waals surface area contributed by atoms with Gasteiger partial charge < -0.3 is 14.6 Å². The zero-order valence-electron chi connectivity index (χ0n) is 22.5. The van der Waals surface area contributed by atoms with Gasteiger partial charge in [0.15, 0.2) is 0 Å². The number of fused-ring (bicyclic) bond motifs is 2. The van der Waals surface area contributed by atoms with Crippen LogP contribution in [0.2, 0.25) is 0 Å². The fraction of sp³-hybridized carbons (Fsp3) is 0.438. The van der Waals surface area contributed by atoms with Gasteiger partial charge in [-0.05, 0) is 102 Å². The van der Waals surface area contributed by atoms with Gasteiger partial charge in [0.2, 0.25) is 0 Å². The van der Waals surface area contributed by atoms with Gasteiger partial charge in [0, 0.05) is 24.4 Å². The Morgan fingerprint density at radius 3 is 2.65 bits per heavy atom. The van der Waals surface area contributed by atoms with Gasteiger partial charge in [0.05, 0.1) is 12.0 Å². The molecule has 2 aliphatic rings. The van der Waals surface area contributed by atoms with Crippen LogP contribution in [0, 0.1) is 18.3 Å². The molecule has 0 radical (unpaired) electrons. The Kier molecular flexibility index (Phi) is 6.61. The quantitative estimate of drug-likeness (QED) is 0.377. The van der Waals surface area contributed by atoms with Crippen LogP contribution in [0.5, 0.6) is 5.75 Å². The van der Waals surface area contributed by atoms with Crippen LogP contribution in [0.1, 0.15) is 74.1 Å². The van der Waals surface area contributed by atoms with Gasteiger partial charge in [-0.2, -0.15) is 0 Å². The Hall–Kier alpha value is -3.18. The lowest BCUT2D eigenvalue weighted by Gasteiger charge is -2.32. The maximum absolute atomic E-state index is 11.7. The Morgan fingerprint density at radius 1 is 1.16 bits per heavy atom. The number of carbonyl (C=O) groups is 1. The molecule has 0 unspecified atom stereocenters. The highest BCUT2D eigenvalue weighted by molar-refractivity contribution is 5.78. The van der Waals surface area contributed by atoms with Crippen molar-refractivity contribution in [2.24, 2.45) is 11.3 Å². The largest absolute Gasteiger partial charge is 0.489 e. The molecule has 0 bridgehead atoms. The first-order valence-corrected chi connectivity index (χ1v) is 13.2. The maximum Gasteiger partial charge on any atom is 0.307 e. The summed E-state index contributed by atoms with van der Waals surface area (Å²) in [5.74, 6) is -0.148. The van der Waals surface area contributed by atoms with E-state index in [0.29, 0.717) is 6.61 Å². The van der Waals surface area contributed by atoms with Crippen molar-refractivity contribution in [1.82, 2.24) is 4.98 Å². The van der Waals surface area contributed by atoms with Crippen molar-refractivity contribution >= 4 is 5.97 Å². The Bertz CT molecular complexity index is 1320. The van der Waals surface area contributed by atoms with Gasteiger partial charge in [0.1, 0.15) is 12.4 Å². The van der Waals surface area contributed by atoms with Gasteiger partial charge in [-0.3, -0.25) is 9.78 Å². The number of aromatic nitrogens is 1. The van der Waals surface area contributed by atoms with Crippen LogP contribution in [0.4, 0.5) is 0 Å². The zero-order valence-corrected chi connectivity index (χ0v) is 22.5. The number of hydrogen-bond acceptors (Lipinski definition) is 4. The van der Waals surface area contributed by atoms with E-state index in [9.17, 15) is 9.90 Å². The van der Waals surface area contributed by atoms with Crippen molar-refractivity contribution in [2.75, 3.05) is 7.11 Å². The van der Waals surface area contributed by atoms with E-state index in [0.717, 1.165) is 59.4 Å². The summed E-state index contributed by atoms with van der Waals surface area (Å²) in [6.45, 7) is 9.01. The predicted molar refractivity (Wildman–Crippen MR) is 145 cm³/mol. The number of pyridine rings is 1. The molecule has 0 aliphatic heterocycles. The van der Waals surface area contributed by atoms with Crippen LogP contribution in [0.25, 0.3) is 11.1 Å². The molecule has 37 heavy (non-hydrogen) atoms. The molecule has 1 saturated carbocycles. The van der Waals surface area contributed by atoms with Crippen LogP contribution in [-0.4, -0.2) is 23.2 Å². The topological polar surface area (TPSA) is 68.7 Å². The normalized spacial score (nSPS) is 21.4. The fourth-order valence-corrected chi connectivity index (χ4v) is 6.27. The van der Waals surface area contributed by atoms with E-state index in [-0.39, 0.29) is 22.9 Å². The highest BCUT2D eigenvalue weighted by atomic mass is 16.5. The molecule has 5 nitrogen and oxygen atoms in total. The van der Waals surface area contributed by atoms with Crippen molar-refractivity contribution in [3.63, 3.8) is 0 Å². The molecule has 5 rings (SSSR count). The molecule has 1 aromatic heterocycles. The van der Waals surface area contributed by atoms with E-state index in [1.807, 2.05) is 25.3 Å². The van der Waals surface area contributed by atoms with E-state index in [4.69, 9.17) is 9.47 Å². The second kappa shape index (κ2) is 9.60. The summed E-state index contributed by atoms with van der Waals surface area (Å²) in [5.41, 5.74) is 7.60. The number of hydrogen-bond donors (Lipinski definition) is 1. The maximum atomic E-state index is 11.7. The average Bonchev–Trinajstić information content (AvgIpc) is 3.58. The number of nitrogens with zero attached hydrogens (tertiary/aromatic N) is 1. The lowest BCUT2D eigenvalue weighted by Crippen LogP contribution is -2.21. The summed E-state index contributed by atoms with van der Waals surface area (Å²) in [4.78, 5) is 16.1. The minimum absolute atomic E-state index is 0.0944. The Labute approximate surface area is 219 Å². The number of carboxylic acid groups (broad SMARTS) is 1. The molecule has 1 heterocycles. The summed E-state index contributed by atoms with van der Waals surface area (Å²) in [6.07, 6.45) is 5.50. The predicted octanol–water partition coefficient (Wildman–Crippen LogP) is 7.05. The molecule has 3 aromatic rings. The van der Waals surface area contributed by atoms with Gasteiger partial charge in [-0.25, -0.2) is 0 Å². The third kappa shape index (κ3) is 4.89. The van der Waals surface area contributed by atoms with Crippen molar-refractivity contribution in [3.05, 3.63) is 82.7 Å². The smallest absolute Gasteiger partial charge is 0.307 e. The molecule has 2 aromatic carbocycles. The van der Waals surface area contributed by atoms with Crippen molar-refractivity contribution < 1.29 is 19.4 Å². The summed E-state index contributed by atoms with van der Waals surface area (Å²) in [6, 6.07) is 16.9. The van der Waals surface area contributed by atoms with Gasteiger partial charge in [0.25, 0.3) is 0 Å². The zero-order chi connectivity index (χ0) is 26.4. The molecular formula is C32H37NO4. The van der Waals surface area contributed by atoms with E-state index in [2.05, 4.69) is 62.2 Å². The van der Waals surface area contributed by atoms with Crippen LogP contribution >= 0.6 is 0 Å². The van der Waals surface area contributed by atoms with E-state index in [1.54, 1.807) is 7.11 Å². The number of ether oxygens (including phenoxy) is 2. The van der Waals surface area contributed by atoms with Crippen LogP contribution < -0.4 is 4.74 Å². The van der Waals surface area contributed by atoms with Crippen molar-refractivity contribution in [1.29, 1.82) is 0 Å². The van der Waals surface area contributed by atoms with Crippen LogP contribution in [-0.2, 0) is 28.0 Å². The minimum Gasteiger partial charge on any atom is -0.489 e. The number of methoxy groups -OCH3 is 1. The monoisotopic (exact) mass is 499 g/mol. The van der Waals surface area contributed by atoms with Crippen LogP contribution in [0.3, 0.4) is 0 Å². The highest BCUT2D eigenvalue weighted by Gasteiger charge is 2.60. The average molecular weight is 500 g/mol. The second-order valence-electron chi connectivity index (χ2n) is 11.8. The molecule has 2 aliphatic carbocycles. The highest BCUT2D eigenvalue weighted by Crippen LogP contribution is 2.60. The van der Waals surface area contributed by atoms with Crippen molar-refractivity contribution in [3.8, 4) is 16.9 Å².